The van der Waals surface area contributed by atoms with Gasteiger partial charge in [0.15, 0.2) is 0 Å². The van der Waals surface area contributed by atoms with Gasteiger partial charge in [-0.15, -0.1) is 0 Å². The van der Waals surface area contributed by atoms with E-state index in [-0.39, 0.29) is 6.04 Å². The minimum Gasteiger partial charge on any atom is -0.377 e. The van der Waals surface area contributed by atoms with E-state index >= 15 is 0 Å². The molecule has 0 saturated carbocycles. The second-order valence-corrected chi connectivity index (χ2v) is 6.97. The Morgan fingerprint density at radius 3 is 1.94 bits per heavy atom. The van der Waals surface area contributed by atoms with Crippen LogP contribution in [0.5, 0.6) is 0 Å². The summed E-state index contributed by atoms with van der Waals surface area (Å²) in [6.45, 7) is 0.709. The van der Waals surface area contributed by atoms with Crippen LogP contribution in [0.15, 0.2) is 0 Å². The summed E-state index contributed by atoms with van der Waals surface area (Å²) in [5.41, 5.74) is 11.4. The summed E-state index contributed by atoms with van der Waals surface area (Å²) in [6.07, 6.45) is 3.90. The normalized spacial score (nSPS) is 14.1. The minimum absolute atomic E-state index is 0.223. The highest BCUT2D eigenvalue weighted by molar-refractivity contribution is 6.60. The number of rotatable bonds is 10. The Hall–Kier alpha value is 0.0169. The Morgan fingerprint density at radius 2 is 1.50 bits per heavy atom. The topological polar surface area (TPSA) is 79.7 Å². The molecule has 16 heavy (non-hydrogen) atoms. The van der Waals surface area contributed by atoms with Crippen LogP contribution in [0.25, 0.3) is 0 Å². The highest BCUT2D eigenvalue weighted by Gasteiger charge is 2.36. The predicted molar refractivity (Wildman–Crippen MR) is 67.1 cm³/mol. The van der Waals surface area contributed by atoms with Crippen molar-refractivity contribution in [2.24, 2.45) is 11.5 Å². The monoisotopic (exact) mass is 250 g/mol. The van der Waals surface area contributed by atoms with Gasteiger partial charge in [0.25, 0.3) is 0 Å². The predicted octanol–water partition coefficient (Wildman–Crippen LogP) is 0.711. The molecule has 1 atom stereocenters. The maximum Gasteiger partial charge on any atom is 0.500 e. The fourth-order valence-electron chi connectivity index (χ4n) is 1.66. The first-order valence-electron chi connectivity index (χ1n) is 5.75. The SMILES string of the molecule is CO[Si](CCCC(N)CCCN)(OC)OC. The second-order valence-electron chi connectivity index (χ2n) is 3.88. The average Bonchev–Trinajstić information content (AvgIpc) is 2.33. The Balaban J connectivity index is 3.77. The first-order valence-corrected chi connectivity index (χ1v) is 7.68. The zero-order chi connectivity index (χ0) is 12.4. The molecule has 0 radical (unpaired) electrons. The van der Waals surface area contributed by atoms with E-state index in [1.807, 2.05) is 0 Å². The number of hydrogen-bond donors (Lipinski definition) is 2. The molecule has 98 valence electrons. The van der Waals surface area contributed by atoms with Crippen molar-refractivity contribution in [1.29, 1.82) is 0 Å². The standard InChI is InChI=1S/C10H26N2O3Si/c1-13-16(14-2,15-3)9-5-7-10(12)6-4-8-11/h10H,4-9,11-12H2,1-3H3. The van der Waals surface area contributed by atoms with Crippen molar-refractivity contribution in [3.63, 3.8) is 0 Å². The van der Waals surface area contributed by atoms with Crippen molar-refractivity contribution in [1.82, 2.24) is 0 Å². The zero-order valence-corrected chi connectivity index (χ0v) is 11.7. The Kier molecular flexibility index (Phi) is 9.10. The van der Waals surface area contributed by atoms with E-state index in [9.17, 15) is 0 Å². The molecule has 0 saturated heterocycles. The Morgan fingerprint density at radius 1 is 1.00 bits per heavy atom. The smallest absolute Gasteiger partial charge is 0.377 e. The molecule has 0 aromatic rings. The van der Waals surface area contributed by atoms with Gasteiger partial charge in [0.1, 0.15) is 0 Å². The zero-order valence-electron chi connectivity index (χ0n) is 10.7. The number of nitrogens with two attached hydrogens (primary N) is 2. The third kappa shape index (κ3) is 5.93. The van der Waals surface area contributed by atoms with Gasteiger partial charge in [0.2, 0.25) is 0 Å². The van der Waals surface area contributed by atoms with Crippen LogP contribution >= 0.6 is 0 Å². The van der Waals surface area contributed by atoms with Gasteiger partial charge in [0.05, 0.1) is 0 Å². The van der Waals surface area contributed by atoms with Gasteiger partial charge in [-0.1, -0.05) is 0 Å². The molecule has 0 amide bonds. The summed E-state index contributed by atoms with van der Waals surface area (Å²) in [5, 5.41) is 0. The Labute approximate surface area is 99.8 Å². The first-order chi connectivity index (χ1) is 7.64. The lowest BCUT2D eigenvalue weighted by Gasteiger charge is -2.24. The lowest BCUT2D eigenvalue weighted by Crippen LogP contribution is -2.42. The summed E-state index contributed by atoms with van der Waals surface area (Å²) in [4.78, 5) is 0. The third-order valence-electron chi connectivity index (χ3n) is 2.77. The van der Waals surface area contributed by atoms with Gasteiger partial charge >= 0.3 is 8.80 Å². The van der Waals surface area contributed by atoms with Crippen molar-refractivity contribution >= 4 is 8.80 Å². The molecular weight excluding hydrogens is 224 g/mol. The van der Waals surface area contributed by atoms with Crippen LogP contribution in [0, 0.1) is 0 Å². The molecule has 0 heterocycles. The van der Waals surface area contributed by atoms with Gasteiger partial charge in [0, 0.05) is 33.4 Å². The lowest BCUT2D eigenvalue weighted by molar-refractivity contribution is 0.122. The molecule has 0 spiro atoms. The lowest BCUT2D eigenvalue weighted by atomic mass is 10.1. The quantitative estimate of drug-likeness (QED) is 0.558. The molecule has 0 aliphatic heterocycles. The van der Waals surface area contributed by atoms with E-state index < -0.39 is 8.80 Å². The average molecular weight is 250 g/mol. The fraction of sp³-hybridized carbons (Fsp3) is 1.00. The van der Waals surface area contributed by atoms with Gasteiger partial charge in [-0.25, -0.2) is 0 Å². The highest BCUT2D eigenvalue weighted by atomic mass is 28.4. The minimum atomic E-state index is -2.40. The maximum absolute atomic E-state index is 5.95. The summed E-state index contributed by atoms with van der Waals surface area (Å²) >= 11 is 0. The maximum atomic E-state index is 5.95. The van der Waals surface area contributed by atoms with Gasteiger partial charge in [-0.3, -0.25) is 0 Å². The largest absolute Gasteiger partial charge is 0.500 e. The van der Waals surface area contributed by atoms with Crippen molar-refractivity contribution in [2.75, 3.05) is 27.9 Å². The van der Waals surface area contributed by atoms with E-state index in [4.69, 9.17) is 24.7 Å². The second kappa shape index (κ2) is 9.09. The van der Waals surface area contributed by atoms with E-state index in [1.54, 1.807) is 21.3 Å². The van der Waals surface area contributed by atoms with E-state index in [0.717, 1.165) is 31.7 Å². The summed E-state index contributed by atoms with van der Waals surface area (Å²) < 4.78 is 16.0. The first kappa shape index (κ1) is 16.0. The molecule has 0 aliphatic carbocycles. The van der Waals surface area contributed by atoms with Gasteiger partial charge < -0.3 is 24.7 Å². The van der Waals surface area contributed by atoms with Crippen LogP contribution in [-0.2, 0) is 13.3 Å². The fourth-order valence-corrected chi connectivity index (χ4v) is 3.41. The molecule has 6 heteroatoms. The summed E-state index contributed by atoms with van der Waals surface area (Å²) in [7, 11) is 2.50. The van der Waals surface area contributed by atoms with Crippen LogP contribution in [0.4, 0.5) is 0 Å². The molecule has 0 bridgehead atoms. The summed E-state index contributed by atoms with van der Waals surface area (Å²) in [6, 6.07) is 1.04. The molecule has 0 aromatic heterocycles. The molecule has 1 unspecified atom stereocenters. The Bertz CT molecular complexity index is 160. The van der Waals surface area contributed by atoms with Crippen LogP contribution in [0.2, 0.25) is 6.04 Å². The van der Waals surface area contributed by atoms with E-state index in [0.29, 0.717) is 6.54 Å². The molecule has 0 aromatic carbocycles. The molecule has 0 rings (SSSR count). The number of hydrogen-bond acceptors (Lipinski definition) is 5. The third-order valence-corrected chi connectivity index (χ3v) is 5.60. The van der Waals surface area contributed by atoms with Crippen molar-refractivity contribution < 1.29 is 13.3 Å². The highest BCUT2D eigenvalue weighted by Crippen LogP contribution is 2.17. The molecule has 4 N–H and O–H groups in total. The van der Waals surface area contributed by atoms with Crippen LogP contribution in [0.3, 0.4) is 0 Å². The molecule has 0 fully saturated rings. The molecule has 0 aliphatic rings. The van der Waals surface area contributed by atoms with Crippen LogP contribution < -0.4 is 11.5 Å². The molecular formula is C10H26N2O3Si. The van der Waals surface area contributed by atoms with Crippen molar-refractivity contribution in [3.8, 4) is 0 Å². The van der Waals surface area contributed by atoms with Gasteiger partial charge in [-0.2, -0.15) is 0 Å². The van der Waals surface area contributed by atoms with Crippen LogP contribution in [0.1, 0.15) is 25.7 Å². The van der Waals surface area contributed by atoms with Crippen molar-refractivity contribution in [2.45, 2.75) is 37.8 Å². The molecule has 5 nitrogen and oxygen atoms in total. The van der Waals surface area contributed by atoms with Crippen molar-refractivity contribution in [3.05, 3.63) is 0 Å². The van der Waals surface area contributed by atoms with Gasteiger partial charge in [-0.05, 0) is 32.2 Å². The summed E-state index contributed by atoms with van der Waals surface area (Å²) in [5.74, 6) is 0. The van der Waals surface area contributed by atoms with Crippen LogP contribution in [-0.4, -0.2) is 42.7 Å². The van der Waals surface area contributed by atoms with E-state index in [2.05, 4.69) is 0 Å². The van der Waals surface area contributed by atoms with E-state index in [1.165, 1.54) is 0 Å².